The van der Waals surface area contributed by atoms with Crippen molar-refractivity contribution in [3.63, 3.8) is 0 Å². The van der Waals surface area contributed by atoms with Crippen LogP contribution in [0, 0.1) is 0 Å². The molecule has 5 rings (SSSR count). The Kier molecular flexibility index (Phi) is 8.09. The van der Waals surface area contributed by atoms with E-state index in [2.05, 4.69) is 0 Å². The lowest BCUT2D eigenvalue weighted by Gasteiger charge is -2.09. The number of fused-ring (bicyclic) bond motifs is 2. The van der Waals surface area contributed by atoms with Gasteiger partial charge in [-0.3, -0.25) is 0 Å². The van der Waals surface area contributed by atoms with E-state index < -0.39 is 80.2 Å². The van der Waals surface area contributed by atoms with Crippen LogP contribution < -0.4 is 0 Å². The molecule has 0 radical (unpaired) electrons. The second-order valence-corrected chi connectivity index (χ2v) is 10.7. The molecule has 0 nitrogen and oxygen atoms in total. The molecule has 0 aliphatic rings. The molecule has 0 amide bonds. The fourth-order valence-electron chi connectivity index (χ4n) is 4.48. The third-order valence-corrected chi connectivity index (χ3v) is 8.54. The summed E-state index contributed by atoms with van der Waals surface area (Å²) in [6.07, 6.45) is -6.68. The fourth-order valence-corrected chi connectivity index (χ4v) is 6.83. The zero-order valence-electron chi connectivity index (χ0n) is 20.6. The Morgan fingerprint density at radius 3 is 1.00 bits per heavy atom. The lowest BCUT2D eigenvalue weighted by atomic mass is 9.94. The molecule has 0 fully saturated rings. The van der Waals surface area contributed by atoms with Crippen LogP contribution >= 0.6 is 22.7 Å². The van der Waals surface area contributed by atoms with Crippen molar-refractivity contribution in [2.45, 2.75) is 0 Å². The van der Waals surface area contributed by atoms with Gasteiger partial charge in [0.05, 0.1) is 9.75 Å². The summed E-state index contributed by atoms with van der Waals surface area (Å²) in [6.45, 7) is 0. The summed E-state index contributed by atoms with van der Waals surface area (Å²) in [5.41, 5.74) is 0. The summed E-state index contributed by atoms with van der Waals surface area (Å²) in [7, 11) is 0. The Labute approximate surface area is 242 Å². The Hall–Kier alpha value is -4.18. The number of thiophene rings is 2. The van der Waals surface area contributed by atoms with Gasteiger partial charge in [0.15, 0.2) is 23.3 Å². The first kappa shape index (κ1) is 31.3. The normalized spacial score (nSPS) is 14.7. The monoisotopic (exact) mass is 672 g/mol. The zero-order valence-corrected chi connectivity index (χ0v) is 22.2. The number of hydrogen-bond donors (Lipinski definition) is 0. The van der Waals surface area contributed by atoms with E-state index in [1.54, 1.807) is 0 Å². The molecule has 0 spiro atoms. The number of allylic oxidation sites excluding steroid dienone is 8. The minimum Gasteiger partial charge on any atom is -0.202 e. The molecule has 0 N–H and O–H groups in total. The summed E-state index contributed by atoms with van der Waals surface area (Å²) in [5, 5.41) is -0.516. The van der Waals surface area contributed by atoms with Crippen LogP contribution in [0.2, 0.25) is 0 Å². The SMILES string of the molecule is FC(F)=C(F)C(F)=C(F)C(F)=C(F)c1sc2cccc3c4c(C(F)=C(F)C(F)=C(F)C(F)=C(F)F)sc5cccc(c1c23)c54. The molecule has 44 heavy (non-hydrogen) atoms. The standard InChI is InChI=1S/C28H6F14S2/c29-15(19(33)23(37)27(39)40)17(31)21(35)25-13-7-3-1-5-9-11(7)14(8-4-2-6-10(44-25)12(8)13)26(43-9)22(36)18(32)16(30)20(34)24(38)28(41)42/h1-6H. The largest absolute Gasteiger partial charge is 0.308 e. The molecule has 228 valence electrons. The van der Waals surface area contributed by atoms with E-state index in [9.17, 15) is 52.7 Å². The van der Waals surface area contributed by atoms with Crippen LogP contribution in [-0.2, 0) is 0 Å². The van der Waals surface area contributed by atoms with Gasteiger partial charge < -0.3 is 0 Å². The third kappa shape index (κ3) is 4.76. The highest BCUT2D eigenvalue weighted by molar-refractivity contribution is 7.22. The van der Waals surface area contributed by atoms with E-state index in [-0.39, 0.29) is 41.7 Å². The average molecular weight is 672 g/mol. The van der Waals surface area contributed by atoms with Gasteiger partial charge in [-0.2, -0.15) is 26.3 Å². The molecular formula is C28H6F14S2. The van der Waals surface area contributed by atoms with E-state index in [0.717, 1.165) is 0 Å². The third-order valence-electron chi connectivity index (χ3n) is 6.24. The van der Waals surface area contributed by atoms with Crippen LogP contribution in [0.5, 0.6) is 0 Å². The summed E-state index contributed by atoms with van der Waals surface area (Å²) in [4.78, 5) is -1.48. The predicted octanol–water partition coefficient (Wildman–Crippen LogP) is 13.5. The predicted molar refractivity (Wildman–Crippen MR) is 141 cm³/mol. The first-order chi connectivity index (χ1) is 20.7. The van der Waals surface area contributed by atoms with Gasteiger partial charge in [0.25, 0.3) is 0 Å². The van der Waals surface area contributed by atoms with Crippen LogP contribution in [0.4, 0.5) is 61.5 Å². The van der Waals surface area contributed by atoms with E-state index in [0.29, 0.717) is 22.7 Å². The van der Waals surface area contributed by atoms with Gasteiger partial charge in [-0.05, 0) is 22.9 Å². The molecule has 0 atom stereocenters. The van der Waals surface area contributed by atoms with Crippen molar-refractivity contribution >= 4 is 76.0 Å². The number of hydrogen-bond acceptors (Lipinski definition) is 2. The topological polar surface area (TPSA) is 0 Å². The number of rotatable bonds is 6. The molecule has 0 bridgehead atoms. The van der Waals surface area contributed by atoms with Crippen LogP contribution in [0.1, 0.15) is 9.75 Å². The molecule has 0 saturated carbocycles. The summed E-state index contributed by atoms with van der Waals surface area (Å²) in [6, 6.07) is 7.77. The molecule has 0 aliphatic carbocycles. The molecule has 5 aromatic rings. The van der Waals surface area contributed by atoms with E-state index in [1.165, 1.54) is 36.4 Å². The molecule has 0 saturated heterocycles. The lowest BCUT2D eigenvalue weighted by Crippen LogP contribution is -1.90. The second-order valence-electron chi connectivity index (χ2n) is 8.63. The Balaban J connectivity index is 1.88. The molecule has 2 aromatic heterocycles. The summed E-state index contributed by atoms with van der Waals surface area (Å²) >= 11 is 0.853. The maximum atomic E-state index is 15.4. The molecule has 0 aliphatic heterocycles. The quantitative estimate of drug-likeness (QED) is 0.0957. The van der Waals surface area contributed by atoms with Gasteiger partial charge in [-0.25, -0.2) is 35.1 Å². The second kappa shape index (κ2) is 11.4. The van der Waals surface area contributed by atoms with Crippen molar-refractivity contribution in [2.75, 3.05) is 0 Å². The number of halogens is 14. The lowest BCUT2D eigenvalue weighted by molar-refractivity contribution is 0.364. The van der Waals surface area contributed by atoms with Gasteiger partial charge in [-0.1, -0.05) is 24.3 Å². The van der Waals surface area contributed by atoms with Crippen LogP contribution in [0.25, 0.3) is 53.4 Å². The summed E-state index contributed by atoms with van der Waals surface area (Å²) < 4.78 is 192. The number of benzene rings is 3. The maximum absolute atomic E-state index is 15.4. The van der Waals surface area contributed by atoms with Crippen LogP contribution in [0.15, 0.2) is 95.2 Å². The van der Waals surface area contributed by atoms with Gasteiger partial charge in [0.2, 0.25) is 35.0 Å². The van der Waals surface area contributed by atoms with Gasteiger partial charge >= 0.3 is 12.2 Å². The Bertz CT molecular complexity index is 2040. The van der Waals surface area contributed by atoms with E-state index in [4.69, 9.17) is 0 Å². The Morgan fingerprint density at radius 2 is 0.682 bits per heavy atom. The van der Waals surface area contributed by atoms with Gasteiger partial charge in [0, 0.05) is 30.9 Å². The highest BCUT2D eigenvalue weighted by atomic mass is 32.1. The highest BCUT2D eigenvalue weighted by Gasteiger charge is 2.30. The zero-order chi connectivity index (χ0) is 32.4. The molecule has 2 heterocycles. The first-order valence-electron chi connectivity index (χ1n) is 11.5. The fraction of sp³-hybridized carbons (Fsp3) is 0. The van der Waals surface area contributed by atoms with Gasteiger partial charge in [0.1, 0.15) is 0 Å². The van der Waals surface area contributed by atoms with Crippen LogP contribution in [-0.4, -0.2) is 0 Å². The first-order valence-corrected chi connectivity index (χ1v) is 13.1. The van der Waals surface area contributed by atoms with Crippen molar-refractivity contribution in [1.29, 1.82) is 0 Å². The molecule has 0 unspecified atom stereocenters. The molecule has 16 heteroatoms. The highest BCUT2D eigenvalue weighted by Crippen LogP contribution is 2.53. The molecule has 3 aromatic carbocycles. The minimum absolute atomic E-state index is 0.00952. The minimum atomic E-state index is -3.34. The van der Waals surface area contributed by atoms with E-state index >= 15 is 8.78 Å². The average Bonchev–Trinajstić information content (AvgIpc) is 3.60. The van der Waals surface area contributed by atoms with Crippen LogP contribution in [0.3, 0.4) is 0 Å². The Morgan fingerprint density at radius 1 is 0.364 bits per heavy atom. The summed E-state index contributed by atoms with van der Waals surface area (Å²) in [5.74, 6) is -27.5. The van der Waals surface area contributed by atoms with Crippen molar-refractivity contribution in [1.82, 2.24) is 0 Å². The maximum Gasteiger partial charge on any atom is 0.308 e. The van der Waals surface area contributed by atoms with Gasteiger partial charge in [-0.15, -0.1) is 22.7 Å². The van der Waals surface area contributed by atoms with Crippen molar-refractivity contribution < 1.29 is 61.5 Å². The van der Waals surface area contributed by atoms with Crippen molar-refractivity contribution in [3.8, 4) is 0 Å². The van der Waals surface area contributed by atoms with Crippen molar-refractivity contribution in [2.24, 2.45) is 0 Å². The smallest absolute Gasteiger partial charge is 0.202 e. The molecular weight excluding hydrogens is 666 g/mol. The van der Waals surface area contributed by atoms with Crippen molar-refractivity contribution in [3.05, 3.63) is 105 Å². The van der Waals surface area contributed by atoms with E-state index in [1.807, 2.05) is 0 Å².